The lowest BCUT2D eigenvalue weighted by molar-refractivity contribution is 0.253. The number of fused-ring (bicyclic) bond motifs is 1. The first kappa shape index (κ1) is 17.4. The summed E-state index contributed by atoms with van der Waals surface area (Å²) in [4.78, 5) is 16.3. The van der Waals surface area contributed by atoms with Gasteiger partial charge in [-0.15, -0.1) is 0 Å². The Labute approximate surface area is 145 Å². The van der Waals surface area contributed by atoms with Crippen molar-refractivity contribution in [1.29, 1.82) is 5.26 Å². The van der Waals surface area contributed by atoms with Crippen molar-refractivity contribution in [2.45, 2.75) is 13.8 Å². The van der Waals surface area contributed by atoms with Crippen LogP contribution in [0.2, 0.25) is 0 Å². The van der Waals surface area contributed by atoms with Crippen LogP contribution in [0.1, 0.15) is 19.4 Å². The van der Waals surface area contributed by atoms with Crippen LogP contribution in [0.15, 0.2) is 54.2 Å². The summed E-state index contributed by atoms with van der Waals surface area (Å²) < 4.78 is 0.868. The monoisotopic (exact) mass is 338 g/mol. The van der Waals surface area contributed by atoms with Crippen LogP contribution >= 0.6 is 11.3 Å². The molecule has 0 bridgehead atoms. The molecule has 0 aliphatic heterocycles. The molecule has 2 aromatic rings. The highest BCUT2D eigenvalue weighted by Crippen LogP contribution is 2.26. The molecule has 0 unspecified atom stereocenters. The Balaban J connectivity index is 1.96. The third-order valence-electron chi connectivity index (χ3n) is 3.18. The van der Waals surface area contributed by atoms with Gasteiger partial charge in [0.1, 0.15) is 0 Å². The fourth-order valence-electron chi connectivity index (χ4n) is 1.92. The third kappa shape index (κ3) is 4.80. The molecular formula is C18H18N4OS. The summed E-state index contributed by atoms with van der Waals surface area (Å²) in [6.07, 6.45) is 9.69. The van der Waals surface area contributed by atoms with Gasteiger partial charge in [-0.2, -0.15) is 5.26 Å². The third-order valence-corrected chi connectivity index (χ3v) is 4.11. The summed E-state index contributed by atoms with van der Waals surface area (Å²) in [6, 6.07) is 7.03. The predicted octanol–water partition coefficient (Wildman–Crippen LogP) is 4.37. The number of nitrogens with one attached hydrogen (secondary N) is 2. The fourth-order valence-corrected chi connectivity index (χ4v) is 2.82. The van der Waals surface area contributed by atoms with Crippen molar-refractivity contribution in [3.63, 3.8) is 0 Å². The van der Waals surface area contributed by atoms with Crippen molar-refractivity contribution in [3.05, 3.63) is 59.7 Å². The van der Waals surface area contributed by atoms with E-state index in [0.29, 0.717) is 17.2 Å². The molecule has 6 heteroatoms. The van der Waals surface area contributed by atoms with Crippen molar-refractivity contribution in [1.82, 2.24) is 10.3 Å². The van der Waals surface area contributed by atoms with Gasteiger partial charge in [0.15, 0.2) is 5.13 Å². The molecule has 24 heavy (non-hydrogen) atoms. The standard InChI is InChI=1S/C18H18N4OS/c1-3-5-6-7-13(4-2)12-20-17(23)22-18-21-15-9-8-14(11-19)10-16(15)24-18/h3-10H,12H2,1-2H3,(H2,20,21,22,23)/b5-3?,7-6-,13-4+. The van der Waals surface area contributed by atoms with E-state index >= 15 is 0 Å². The summed E-state index contributed by atoms with van der Waals surface area (Å²) in [7, 11) is 0. The molecule has 0 radical (unpaired) electrons. The van der Waals surface area contributed by atoms with E-state index in [-0.39, 0.29) is 6.03 Å². The van der Waals surface area contributed by atoms with E-state index in [9.17, 15) is 4.79 Å². The maximum absolute atomic E-state index is 12.0. The van der Waals surface area contributed by atoms with E-state index in [1.807, 2.05) is 44.2 Å². The molecule has 1 heterocycles. The lowest BCUT2D eigenvalue weighted by Crippen LogP contribution is -2.30. The quantitative estimate of drug-likeness (QED) is 0.795. The van der Waals surface area contributed by atoms with Crippen molar-refractivity contribution in [2.24, 2.45) is 0 Å². The van der Waals surface area contributed by atoms with Crippen LogP contribution in [0.5, 0.6) is 0 Å². The molecule has 5 nitrogen and oxygen atoms in total. The van der Waals surface area contributed by atoms with E-state index in [4.69, 9.17) is 5.26 Å². The molecule has 122 valence electrons. The molecular weight excluding hydrogens is 320 g/mol. The number of hydrogen-bond acceptors (Lipinski definition) is 4. The topological polar surface area (TPSA) is 77.8 Å². The molecule has 2 amide bonds. The van der Waals surface area contributed by atoms with Gasteiger partial charge in [0.2, 0.25) is 0 Å². The number of allylic oxidation sites excluding steroid dienone is 4. The van der Waals surface area contributed by atoms with Gasteiger partial charge in [-0.1, -0.05) is 41.7 Å². The number of urea groups is 1. The number of nitriles is 1. The van der Waals surface area contributed by atoms with Crippen LogP contribution in [0.25, 0.3) is 10.2 Å². The van der Waals surface area contributed by atoms with Gasteiger partial charge in [0.25, 0.3) is 0 Å². The SMILES string of the molecule is CC=C/C=C\C(=C/C)CNC(=O)Nc1nc2ccc(C#N)cc2s1. The molecule has 2 N–H and O–H groups in total. The molecule has 0 fully saturated rings. The van der Waals surface area contributed by atoms with Crippen LogP contribution in [0, 0.1) is 11.3 Å². The maximum Gasteiger partial charge on any atom is 0.321 e. The van der Waals surface area contributed by atoms with Gasteiger partial charge in [-0.3, -0.25) is 5.32 Å². The molecule has 0 saturated heterocycles. The Morgan fingerprint density at radius 2 is 2.21 bits per heavy atom. The van der Waals surface area contributed by atoms with Crippen molar-refractivity contribution in [3.8, 4) is 6.07 Å². The highest BCUT2D eigenvalue weighted by molar-refractivity contribution is 7.22. The molecule has 0 saturated carbocycles. The zero-order valence-corrected chi connectivity index (χ0v) is 14.4. The average Bonchev–Trinajstić information content (AvgIpc) is 2.98. The van der Waals surface area contributed by atoms with Gasteiger partial charge < -0.3 is 5.32 Å². The number of thiazole rings is 1. The highest BCUT2D eigenvalue weighted by atomic mass is 32.1. The summed E-state index contributed by atoms with van der Waals surface area (Å²) in [6.45, 7) is 4.30. The lowest BCUT2D eigenvalue weighted by Gasteiger charge is -2.05. The van der Waals surface area contributed by atoms with Crippen molar-refractivity contribution < 1.29 is 4.79 Å². The Hall–Kier alpha value is -2.91. The second-order valence-corrected chi connectivity index (χ2v) is 5.90. The minimum Gasteiger partial charge on any atom is -0.334 e. The number of benzene rings is 1. The van der Waals surface area contributed by atoms with Gasteiger partial charge in [-0.25, -0.2) is 9.78 Å². The normalized spacial score (nSPS) is 12.0. The first-order chi connectivity index (χ1) is 11.7. The highest BCUT2D eigenvalue weighted by Gasteiger charge is 2.08. The van der Waals surface area contributed by atoms with Crippen LogP contribution < -0.4 is 10.6 Å². The molecule has 0 aliphatic carbocycles. The van der Waals surface area contributed by atoms with E-state index in [0.717, 1.165) is 15.8 Å². The first-order valence-electron chi connectivity index (χ1n) is 7.46. The summed E-state index contributed by atoms with van der Waals surface area (Å²) in [5.74, 6) is 0. The Bertz CT molecular complexity index is 856. The molecule has 2 rings (SSSR count). The predicted molar refractivity (Wildman–Crippen MR) is 99.1 cm³/mol. The zero-order valence-electron chi connectivity index (χ0n) is 13.5. The van der Waals surface area contributed by atoms with Crippen LogP contribution in [-0.4, -0.2) is 17.6 Å². The van der Waals surface area contributed by atoms with Gasteiger partial charge in [0, 0.05) is 6.54 Å². The lowest BCUT2D eigenvalue weighted by atomic mass is 10.2. The van der Waals surface area contributed by atoms with Gasteiger partial charge >= 0.3 is 6.03 Å². The molecule has 0 atom stereocenters. The zero-order chi connectivity index (χ0) is 17.4. The molecule has 0 spiro atoms. The number of carbonyl (C=O) groups excluding carboxylic acids is 1. The van der Waals surface area contributed by atoms with E-state index in [1.54, 1.807) is 18.2 Å². The second-order valence-electron chi connectivity index (χ2n) is 4.87. The minimum atomic E-state index is -0.312. The maximum atomic E-state index is 12.0. The number of amides is 2. The average molecular weight is 338 g/mol. The smallest absolute Gasteiger partial charge is 0.321 e. The number of aromatic nitrogens is 1. The summed E-state index contributed by atoms with van der Waals surface area (Å²) in [5, 5.41) is 14.9. The Morgan fingerprint density at radius 3 is 2.92 bits per heavy atom. The first-order valence-corrected chi connectivity index (χ1v) is 8.28. The van der Waals surface area contributed by atoms with E-state index in [1.165, 1.54) is 11.3 Å². The largest absolute Gasteiger partial charge is 0.334 e. The van der Waals surface area contributed by atoms with Crippen LogP contribution in [0.3, 0.4) is 0 Å². The molecule has 1 aromatic heterocycles. The van der Waals surface area contributed by atoms with Crippen LogP contribution in [0.4, 0.5) is 9.93 Å². The number of hydrogen-bond donors (Lipinski definition) is 2. The van der Waals surface area contributed by atoms with E-state index in [2.05, 4.69) is 21.7 Å². The van der Waals surface area contributed by atoms with E-state index < -0.39 is 0 Å². The van der Waals surface area contributed by atoms with Crippen LogP contribution in [-0.2, 0) is 0 Å². The number of carbonyl (C=O) groups is 1. The number of rotatable bonds is 5. The second kappa shape index (κ2) is 8.65. The number of nitrogens with zero attached hydrogens (tertiary/aromatic N) is 2. The summed E-state index contributed by atoms with van der Waals surface area (Å²) >= 11 is 1.34. The number of anilines is 1. The van der Waals surface area contributed by atoms with Crippen molar-refractivity contribution in [2.75, 3.05) is 11.9 Å². The Kier molecular flexibility index (Phi) is 6.29. The van der Waals surface area contributed by atoms with Gasteiger partial charge in [0.05, 0.1) is 21.8 Å². The minimum absolute atomic E-state index is 0.312. The van der Waals surface area contributed by atoms with Crippen molar-refractivity contribution >= 4 is 32.7 Å². The summed E-state index contributed by atoms with van der Waals surface area (Å²) in [5.41, 5.74) is 2.34. The van der Waals surface area contributed by atoms with Gasteiger partial charge in [-0.05, 0) is 37.6 Å². The Morgan fingerprint density at radius 1 is 1.38 bits per heavy atom. The fraction of sp³-hybridized carbons (Fsp3) is 0.167. The molecule has 1 aromatic carbocycles. The molecule has 0 aliphatic rings.